The molecule has 3 N–H and O–H groups in total. The Balaban J connectivity index is 2.04. The van der Waals surface area contributed by atoms with Crippen LogP contribution in [-0.2, 0) is 19.9 Å². The Morgan fingerprint density at radius 2 is 1.84 bits per heavy atom. The highest BCUT2D eigenvalue weighted by molar-refractivity contribution is 7.91. The largest absolute Gasteiger partial charge is 0.465 e. The minimum absolute atomic E-state index is 0.0390. The molecule has 1 aromatic rings. The Morgan fingerprint density at radius 3 is 2.32 bits per heavy atom. The predicted molar refractivity (Wildman–Crippen MR) is 86.8 cm³/mol. The molecule has 1 aromatic carbocycles. The molecule has 0 bridgehead atoms. The lowest BCUT2D eigenvalue weighted by molar-refractivity contribution is 0.124. The van der Waals surface area contributed by atoms with Crippen molar-refractivity contribution in [1.29, 1.82) is 0 Å². The van der Waals surface area contributed by atoms with Crippen molar-refractivity contribution in [3.63, 3.8) is 0 Å². The molecule has 1 aliphatic heterocycles. The van der Waals surface area contributed by atoms with Gasteiger partial charge in [0.15, 0.2) is 9.84 Å². The van der Waals surface area contributed by atoms with Crippen LogP contribution in [0, 0.1) is 11.7 Å². The standard InChI is InChI=1S/C14H19FN2O6S2/c15-12-9-11(25(16,22)23)1-2-13(12)24(20,21)8-5-10-3-6-17(7-4-10)14(18)19/h1-2,9-10H,3-8H2,(H,18,19)(H2,16,22,23). The first-order valence-corrected chi connectivity index (χ1v) is 10.7. The average molecular weight is 394 g/mol. The number of hydrogen-bond acceptors (Lipinski definition) is 5. The second kappa shape index (κ2) is 7.26. The molecule has 0 radical (unpaired) electrons. The number of carboxylic acid groups (broad SMARTS) is 1. The predicted octanol–water partition coefficient (Wildman–Crippen LogP) is 1.03. The van der Waals surface area contributed by atoms with Crippen LogP contribution in [0.4, 0.5) is 9.18 Å². The fourth-order valence-electron chi connectivity index (χ4n) is 2.76. The molecule has 140 valence electrons. The molecule has 1 fully saturated rings. The van der Waals surface area contributed by atoms with Crippen LogP contribution < -0.4 is 5.14 Å². The summed E-state index contributed by atoms with van der Waals surface area (Å²) in [7, 11) is -8.04. The number of nitrogens with two attached hydrogens (primary N) is 1. The molecular weight excluding hydrogens is 375 g/mol. The van der Waals surface area contributed by atoms with Crippen molar-refractivity contribution in [2.24, 2.45) is 11.1 Å². The number of primary sulfonamides is 1. The summed E-state index contributed by atoms with van der Waals surface area (Å²) < 4.78 is 61.0. The van der Waals surface area contributed by atoms with E-state index >= 15 is 0 Å². The van der Waals surface area contributed by atoms with Crippen LogP contribution in [0.15, 0.2) is 28.0 Å². The number of carbonyl (C=O) groups is 1. The molecule has 11 heteroatoms. The lowest BCUT2D eigenvalue weighted by atomic mass is 9.95. The van der Waals surface area contributed by atoms with Gasteiger partial charge in [0.25, 0.3) is 0 Å². The van der Waals surface area contributed by atoms with E-state index in [0.717, 1.165) is 12.1 Å². The van der Waals surface area contributed by atoms with Gasteiger partial charge < -0.3 is 10.0 Å². The summed E-state index contributed by atoms with van der Waals surface area (Å²) >= 11 is 0. The molecule has 1 amide bonds. The molecule has 0 unspecified atom stereocenters. The van der Waals surface area contributed by atoms with Crippen LogP contribution >= 0.6 is 0 Å². The van der Waals surface area contributed by atoms with E-state index in [1.165, 1.54) is 4.90 Å². The number of benzene rings is 1. The summed E-state index contributed by atoms with van der Waals surface area (Å²) in [6.07, 6.45) is 0.387. The zero-order chi connectivity index (χ0) is 18.8. The minimum atomic E-state index is -4.12. The van der Waals surface area contributed by atoms with Crippen LogP contribution in [0.1, 0.15) is 19.3 Å². The van der Waals surface area contributed by atoms with Gasteiger partial charge in [0.1, 0.15) is 10.7 Å². The monoisotopic (exact) mass is 394 g/mol. The van der Waals surface area contributed by atoms with Crippen LogP contribution in [-0.4, -0.2) is 51.8 Å². The third-order valence-electron chi connectivity index (χ3n) is 4.25. The van der Waals surface area contributed by atoms with E-state index in [1.54, 1.807) is 0 Å². The van der Waals surface area contributed by atoms with Gasteiger partial charge in [-0.15, -0.1) is 0 Å². The second-order valence-electron chi connectivity index (χ2n) is 5.96. The van der Waals surface area contributed by atoms with E-state index in [0.29, 0.717) is 32.0 Å². The Bertz CT molecular complexity index is 861. The van der Waals surface area contributed by atoms with Gasteiger partial charge in [-0.2, -0.15) is 0 Å². The number of sulfonamides is 1. The summed E-state index contributed by atoms with van der Waals surface area (Å²) in [4.78, 5) is 11.0. The van der Waals surface area contributed by atoms with Gasteiger partial charge >= 0.3 is 6.09 Å². The van der Waals surface area contributed by atoms with E-state index in [2.05, 4.69) is 0 Å². The molecule has 0 aliphatic carbocycles. The number of likely N-dealkylation sites (tertiary alicyclic amines) is 1. The summed E-state index contributed by atoms with van der Waals surface area (Å²) in [6, 6.07) is 2.45. The fourth-order valence-corrected chi connectivity index (χ4v) is 4.78. The van der Waals surface area contributed by atoms with Crippen molar-refractivity contribution in [3.8, 4) is 0 Å². The Morgan fingerprint density at radius 1 is 1.24 bits per heavy atom. The molecule has 1 saturated heterocycles. The van der Waals surface area contributed by atoms with Crippen LogP contribution in [0.25, 0.3) is 0 Å². The second-order valence-corrected chi connectivity index (χ2v) is 9.60. The number of piperidine rings is 1. The Kier molecular flexibility index (Phi) is 5.69. The number of sulfone groups is 1. The highest BCUT2D eigenvalue weighted by Crippen LogP contribution is 2.25. The number of nitrogens with zero attached hydrogens (tertiary/aromatic N) is 1. The highest BCUT2D eigenvalue weighted by Gasteiger charge is 2.26. The summed E-state index contributed by atoms with van der Waals surface area (Å²) in [5.74, 6) is -1.42. The molecule has 0 saturated carbocycles. The van der Waals surface area contributed by atoms with E-state index in [-0.39, 0.29) is 18.1 Å². The van der Waals surface area contributed by atoms with Crippen LogP contribution in [0.3, 0.4) is 0 Å². The third kappa shape index (κ3) is 4.89. The van der Waals surface area contributed by atoms with Gasteiger partial charge in [-0.3, -0.25) is 0 Å². The van der Waals surface area contributed by atoms with Crippen molar-refractivity contribution in [1.82, 2.24) is 4.90 Å². The topological polar surface area (TPSA) is 135 Å². The van der Waals surface area contributed by atoms with Crippen molar-refractivity contribution in [2.75, 3.05) is 18.8 Å². The molecule has 1 heterocycles. The Hall–Kier alpha value is -1.72. The maximum atomic E-state index is 14.0. The highest BCUT2D eigenvalue weighted by atomic mass is 32.2. The molecular formula is C14H19FN2O6S2. The van der Waals surface area contributed by atoms with Crippen molar-refractivity contribution in [2.45, 2.75) is 29.1 Å². The summed E-state index contributed by atoms with van der Waals surface area (Å²) in [5.41, 5.74) is 0. The van der Waals surface area contributed by atoms with Gasteiger partial charge in [-0.25, -0.2) is 31.2 Å². The van der Waals surface area contributed by atoms with Crippen LogP contribution in [0.5, 0.6) is 0 Å². The first-order chi connectivity index (χ1) is 11.5. The first kappa shape index (κ1) is 19.6. The minimum Gasteiger partial charge on any atom is -0.465 e. The SMILES string of the molecule is NS(=O)(=O)c1ccc(S(=O)(=O)CCC2CCN(C(=O)O)CC2)c(F)c1. The molecule has 1 aliphatic rings. The molecule has 0 spiro atoms. The van der Waals surface area contributed by atoms with Gasteiger partial charge in [0, 0.05) is 13.1 Å². The number of halogens is 1. The maximum Gasteiger partial charge on any atom is 0.407 e. The van der Waals surface area contributed by atoms with E-state index in [9.17, 15) is 26.0 Å². The smallest absolute Gasteiger partial charge is 0.407 e. The summed E-state index contributed by atoms with van der Waals surface area (Å²) in [6.45, 7) is 0.689. The van der Waals surface area contributed by atoms with Crippen molar-refractivity contribution < 1.29 is 31.1 Å². The fraction of sp³-hybridized carbons (Fsp3) is 0.500. The van der Waals surface area contributed by atoms with E-state index in [1.807, 2.05) is 0 Å². The zero-order valence-electron chi connectivity index (χ0n) is 13.3. The third-order valence-corrected chi connectivity index (χ3v) is 6.93. The quantitative estimate of drug-likeness (QED) is 0.766. The molecule has 8 nitrogen and oxygen atoms in total. The van der Waals surface area contributed by atoms with Gasteiger partial charge in [0.05, 0.1) is 10.6 Å². The number of amides is 1. The van der Waals surface area contributed by atoms with Crippen molar-refractivity contribution in [3.05, 3.63) is 24.0 Å². The van der Waals surface area contributed by atoms with Crippen molar-refractivity contribution >= 4 is 26.0 Å². The number of rotatable bonds is 5. The molecule has 0 aromatic heterocycles. The average Bonchev–Trinajstić information content (AvgIpc) is 2.52. The van der Waals surface area contributed by atoms with Gasteiger partial charge in [0.2, 0.25) is 10.0 Å². The van der Waals surface area contributed by atoms with Gasteiger partial charge in [-0.1, -0.05) is 0 Å². The Labute approximate surface area is 145 Å². The molecule has 2 rings (SSSR count). The van der Waals surface area contributed by atoms with E-state index < -0.39 is 41.6 Å². The lowest BCUT2D eigenvalue weighted by Crippen LogP contribution is -2.37. The van der Waals surface area contributed by atoms with E-state index in [4.69, 9.17) is 10.2 Å². The van der Waals surface area contributed by atoms with Gasteiger partial charge in [-0.05, 0) is 43.4 Å². The zero-order valence-corrected chi connectivity index (χ0v) is 14.9. The maximum absolute atomic E-state index is 14.0. The summed E-state index contributed by atoms with van der Waals surface area (Å²) in [5, 5.41) is 13.8. The number of hydrogen-bond donors (Lipinski definition) is 2. The van der Waals surface area contributed by atoms with Crippen LogP contribution in [0.2, 0.25) is 0 Å². The lowest BCUT2D eigenvalue weighted by Gasteiger charge is -2.29. The molecule has 0 atom stereocenters. The normalized spacial score (nSPS) is 16.8. The molecule has 25 heavy (non-hydrogen) atoms. The first-order valence-electron chi connectivity index (χ1n) is 7.53.